The van der Waals surface area contributed by atoms with Crippen LogP contribution in [-0.2, 0) is 9.59 Å². The summed E-state index contributed by atoms with van der Waals surface area (Å²) in [4.78, 5) is 56.3. The first-order valence-corrected chi connectivity index (χ1v) is 13.0. The molecule has 3 aromatic rings. The van der Waals surface area contributed by atoms with Crippen molar-refractivity contribution in [3.8, 4) is 11.3 Å². The minimum atomic E-state index is -1.34. The molecule has 3 unspecified atom stereocenters. The second-order valence-electron chi connectivity index (χ2n) is 10.6. The molecule has 3 aromatic heterocycles. The van der Waals surface area contributed by atoms with Crippen molar-refractivity contribution in [2.75, 3.05) is 41.8 Å². The fraction of sp³-hybridized carbons (Fsp3) is 0.407. The Bertz CT molecular complexity index is 1440. The number of aromatic nitrogens is 4. The summed E-state index contributed by atoms with van der Waals surface area (Å²) in [6.07, 6.45) is 3.19. The molecule has 2 N–H and O–H groups in total. The topological polar surface area (TPSA) is 137 Å². The number of hydrogen-bond acceptors (Lipinski definition) is 9. The third-order valence-electron chi connectivity index (χ3n) is 7.73. The van der Waals surface area contributed by atoms with Gasteiger partial charge in [-0.05, 0) is 56.4 Å². The van der Waals surface area contributed by atoms with Crippen LogP contribution in [0.2, 0.25) is 0 Å². The van der Waals surface area contributed by atoms with Crippen LogP contribution in [0.15, 0.2) is 42.9 Å². The molecular formula is C27H30N8O4. The summed E-state index contributed by atoms with van der Waals surface area (Å²) >= 11 is 0. The molecule has 0 aromatic carbocycles. The maximum atomic E-state index is 13.2. The monoisotopic (exact) mass is 530 g/mol. The number of anilines is 3. The van der Waals surface area contributed by atoms with Crippen LogP contribution in [0.5, 0.6) is 0 Å². The molecule has 4 atom stereocenters. The lowest BCUT2D eigenvalue weighted by Crippen LogP contribution is -2.55. The van der Waals surface area contributed by atoms with Crippen LogP contribution in [0, 0.1) is 11.8 Å². The number of hydrogen-bond donors (Lipinski definition) is 2. The second-order valence-corrected chi connectivity index (χ2v) is 10.6. The van der Waals surface area contributed by atoms with Crippen molar-refractivity contribution in [1.29, 1.82) is 0 Å². The number of nitrogens with zero attached hydrogens (tertiary/aromatic N) is 7. The number of aliphatic hydroxyl groups excluding tert-OH is 1. The molecule has 6 rings (SSSR count). The van der Waals surface area contributed by atoms with E-state index >= 15 is 0 Å². The predicted molar refractivity (Wildman–Crippen MR) is 143 cm³/mol. The normalized spacial score (nSPS) is 22.4. The number of carbonyl (C=O) groups is 3. The number of fused-ring (bicyclic) bond motifs is 2. The molecule has 39 heavy (non-hydrogen) atoms. The maximum absolute atomic E-state index is 13.2. The predicted octanol–water partition coefficient (Wildman–Crippen LogP) is 1.75. The standard InChI is InChI=1S/C27H30N8O4/c1-15(36)11-34-26(38)23-24(32(3)27(34)39)29-14-35(23)16(2)25(37)31-21-6-4-5-20(30-21)17-7-8-22(28-10-17)33-12-18-9-19(18)13-33/h4-8,10,14,16,18-19,27,39H,9,11-13H2,1-3H3,(H,30,31,37)/t16-,18?,19?,27?/m0/s1. The van der Waals surface area contributed by atoms with E-state index in [2.05, 4.69) is 25.2 Å². The van der Waals surface area contributed by atoms with Crippen molar-refractivity contribution in [1.82, 2.24) is 24.4 Å². The van der Waals surface area contributed by atoms with E-state index in [9.17, 15) is 19.5 Å². The number of ketones is 1. The van der Waals surface area contributed by atoms with Crippen LogP contribution < -0.4 is 15.1 Å². The van der Waals surface area contributed by atoms with E-state index in [4.69, 9.17) is 0 Å². The summed E-state index contributed by atoms with van der Waals surface area (Å²) in [5, 5.41) is 13.3. The third kappa shape index (κ3) is 4.50. The van der Waals surface area contributed by atoms with Gasteiger partial charge in [0.1, 0.15) is 23.5 Å². The summed E-state index contributed by atoms with van der Waals surface area (Å²) in [7, 11) is 1.57. The molecule has 12 nitrogen and oxygen atoms in total. The van der Waals surface area contributed by atoms with E-state index in [1.807, 2.05) is 24.3 Å². The van der Waals surface area contributed by atoms with Crippen LogP contribution in [0.25, 0.3) is 11.3 Å². The second kappa shape index (κ2) is 9.45. The summed E-state index contributed by atoms with van der Waals surface area (Å²) < 4.78 is 1.44. The number of carbonyl (C=O) groups excluding carboxylic acids is 3. The number of imidazole rings is 1. The van der Waals surface area contributed by atoms with Gasteiger partial charge in [0.25, 0.3) is 5.91 Å². The molecule has 12 heteroatoms. The highest BCUT2D eigenvalue weighted by atomic mass is 16.3. The van der Waals surface area contributed by atoms with Gasteiger partial charge in [-0.1, -0.05) is 6.07 Å². The van der Waals surface area contributed by atoms with Gasteiger partial charge in [-0.2, -0.15) is 0 Å². The highest BCUT2D eigenvalue weighted by Gasteiger charge is 2.45. The Morgan fingerprint density at radius 1 is 1.15 bits per heavy atom. The molecule has 202 valence electrons. The third-order valence-corrected chi connectivity index (χ3v) is 7.73. The van der Waals surface area contributed by atoms with Gasteiger partial charge < -0.3 is 24.8 Å². The lowest BCUT2D eigenvalue weighted by Gasteiger charge is -2.38. The van der Waals surface area contributed by atoms with Crippen molar-refractivity contribution in [2.24, 2.45) is 11.8 Å². The number of pyridine rings is 2. The van der Waals surface area contributed by atoms with Crippen LogP contribution in [0.3, 0.4) is 0 Å². The fourth-order valence-electron chi connectivity index (χ4n) is 5.39. The summed E-state index contributed by atoms with van der Waals surface area (Å²) in [5.41, 5.74) is 1.64. The van der Waals surface area contributed by atoms with Crippen molar-refractivity contribution >= 4 is 35.1 Å². The Balaban J connectivity index is 1.18. The van der Waals surface area contributed by atoms with Crippen LogP contribution >= 0.6 is 0 Å². The number of nitrogens with one attached hydrogen (secondary N) is 1. The van der Waals surface area contributed by atoms with E-state index in [1.165, 1.54) is 29.1 Å². The minimum Gasteiger partial charge on any atom is -0.356 e. The van der Waals surface area contributed by atoms with Crippen molar-refractivity contribution in [2.45, 2.75) is 32.7 Å². The molecule has 2 amide bonds. The maximum Gasteiger partial charge on any atom is 0.278 e. The fourth-order valence-corrected chi connectivity index (χ4v) is 5.39. The van der Waals surface area contributed by atoms with Gasteiger partial charge in [-0.25, -0.2) is 15.0 Å². The van der Waals surface area contributed by atoms with E-state index < -0.39 is 24.2 Å². The zero-order valence-corrected chi connectivity index (χ0v) is 22.0. The lowest BCUT2D eigenvalue weighted by molar-refractivity contribution is -0.120. The average Bonchev–Trinajstić information content (AvgIpc) is 3.31. The number of Topliss-reactive ketones (excluding diaryl/α,β-unsaturated/α-hetero) is 1. The van der Waals surface area contributed by atoms with Gasteiger partial charge in [0, 0.05) is 31.9 Å². The lowest BCUT2D eigenvalue weighted by atomic mass is 10.2. The molecule has 3 aliphatic rings. The zero-order chi connectivity index (χ0) is 27.4. The number of aliphatic hydroxyl groups is 1. The molecule has 1 saturated heterocycles. The van der Waals surface area contributed by atoms with E-state index in [0.29, 0.717) is 11.5 Å². The quantitative estimate of drug-likeness (QED) is 0.468. The van der Waals surface area contributed by atoms with Crippen LogP contribution in [-0.4, -0.2) is 80.2 Å². The first kappa shape index (κ1) is 25.0. The van der Waals surface area contributed by atoms with E-state index in [1.54, 1.807) is 26.2 Å². The average molecular weight is 531 g/mol. The summed E-state index contributed by atoms with van der Waals surface area (Å²) in [5.74, 6) is 1.96. The van der Waals surface area contributed by atoms with E-state index in [-0.39, 0.29) is 23.8 Å². The van der Waals surface area contributed by atoms with Crippen molar-refractivity contribution in [3.05, 3.63) is 48.5 Å². The molecular weight excluding hydrogens is 500 g/mol. The number of amides is 2. The summed E-state index contributed by atoms with van der Waals surface area (Å²) in [6, 6.07) is 8.53. The van der Waals surface area contributed by atoms with Gasteiger partial charge >= 0.3 is 0 Å². The number of rotatable bonds is 7. The Kier molecular flexibility index (Phi) is 6.06. The largest absolute Gasteiger partial charge is 0.356 e. The van der Waals surface area contributed by atoms with Crippen molar-refractivity contribution in [3.63, 3.8) is 0 Å². The van der Waals surface area contributed by atoms with Crippen LogP contribution in [0.4, 0.5) is 17.5 Å². The SMILES string of the molecule is CC(=O)CN1C(=O)c2c(ncn2[C@@H](C)C(=O)Nc2cccc(-c3ccc(N4CC5CC5C4)nc3)n2)N(C)C1O. The van der Waals surface area contributed by atoms with Crippen LogP contribution in [0.1, 0.15) is 36.8 Å². The molecule has 0 bridgehead atoms. The van der Waals surface area contributed by atoms with E-state index in [0.717, 1.165) is 41.2 Å². The molecule has 2 aliphatic heterocycles. The summed E-state index contributed by atoms with van der Waals surface area (Å²) in [6.45, 7) is 4.86. The molecule has 1 saturated carbocycles. The first-order valence-electron chi connectivity index (χ1n) is 13.0. The van der Waals surface area contributed by atoms with Gasteiger partial charge in [0.2, 0.25) is 12.3 Å². The van der Waals surface area contributed by atoms with Crippen molar-refractivity contribution < 1.29 is 19.5 Å². The highest BCUT2D eigenvalue weighted by Crippen LogP contribution is 2.46. The number of piperidine rings is 1. The van der Waals surface area contributed by atoms with Gasteiger partial charge in [0.15, 0.2) is 11.5 Å². The van der Waals surface area contributed by atoms with Gasteiger partial charge in [0.05, 0.1) is 18.6 Å². The molecule has 5 heterocycles. The minimum absolute atomic E-state index is 0.120. The zero-order valence-electron chi connectivity index (χ0n) is 22.0. The Morgan fingerprint density at radius 3 is 2.62 bits per heavy atom. The first-order chi connectivity index (χ1) is 18.7. The van der Waals surface area contributed by atoms with Gasteiger partial charge in [-0.15, -0.1) is 0 Å². The molecule has 1 aliphatic carbocycles. The van der Waals surface area contributed by atoms with Gasteiger partial charge in [-0.3, -0.25) is 19.3 Å². The molecule has 2 fully saturated rings. The Labute approximate surface area is 225 Å². The Morgan fingerprint density at radius 2 is 1.92 bits per heavy atom. The smallest absolute Gasteiger partial charge is 0.278 e. The molecule has 0 radical (unpaired) electrons. The molecule has 0 spiro atoms. The highest BCUT2D eigenvalue weighted by molar-refractivity contribution is 6.02. The Hall–Kier alpha value is -4.32.